The number of nitro groups is 1. The van der Waals surface area contributed by atoms with Crippen molar-refractivity contribution in [1.82, 2.24) is 0 Å². The molecule has 0 radical (unpaired) electrons. The predicted molar refractivity (Wildman–Crippen MR) is 65.2 cm³/mol. The summed E-state index contributed by atoms with van der Waals surface area (Å²) in [5.74, 6) is -0.623. The van der Waals surface area contributed by atoms with Crippen LogP contribution in [0.4, 0.5) is 11.4 Å². The lowest BCUT2D eigenvalue weighted by Crippen LogP contribution is -2.26. The number of benzene rings is 1. The van der Waals surface area contributed by atoms with Crippen LogP contribution in [0.2, 0.25) is 5.02 Å². The quantitative estimate of drug-likeness (QED) is 0.305. The topological polar surface area (TPSA) is 146 Å². The van der Waals surface area contributed by atoms with Gasteiger partial charge in [-0.05, 0) is 6.07 Å². The Morgan fingerprint density at radius 1 is 1.35 bits per heavy atom. The van der Waals surface area contributed by atoms with Crippen LogP contribution in [0.25, 0.3) is 0 Å². The van der Waals surface area contributed by atoms with Crippen LogP contribution in [0, 0.1) is 10.1 Å². The van der Waals surface area contributed by atoms with Crippen LogP contribution in [0.3, 0.4) is 0 Å². The van der Waals surface area contributed by atoms with Crippen LogP contribution in [-0.4, -0.2) is 16.8 Å². The third-order valence-electron chi connectivity index (χ3n) is 1.63. The van der Waals surface area contributed by atoms with E-state index >= 15 is 0 Å². The lowest BCUT2D eigenvalue weighted by Gasteiger charge is -2.00. The largest absolute Gasteiger partial charge is 0.370 e. The minimum atomic E-state index is -0.631. The number of guanidine groups is 2. The monoisotopic (exact) mass is 256 g/mol. The molecule has 1 rings (SSSR count). The van der Waals surface area contributed by atoms with E-state index in [0.717, 1.165) is 0 Å². The molecule has 9 heteroatoms. The molecule has 0 saturated carbocycles. The van der Waals surface area contributed by atoms with Crippen LogP contribution in [0.5, 0.6) is 0 Å². The van der Waals surface area contributed by atoms with Gasteiger partial charge in [-0.2, -0.15) is 4.99 Å². The van der Waals surface area contributed by atoms with Crippen LogP contribution in [0.1, 0.15) is 0 Å². The molecule has 1 aromatic carbocycles. The second-order valence-electron chi connectivity index (χ2n) is 2.87. The Balaban J connectivity index is 3.31. The van der Waals surface area contributed by atoms with E-state index in [1.54, 1.807) is 0 Å². The van der Waals surface area contributed by atoms with Crippen molar-refractivity contribution in [3.05, 3.63) is 33.3 Å². The van der Waals surface area contributed by atoms with Crippen LogP contribution in [0.15, 0.2) is 28.2 Å². The highest BCUT2D eigenvalue weighted by Gasteiger charge is 2.16. The maximum absolute atomic E-state index is 10.7. The Morgan fingerprint density at radius 3 is 2.53 bits per heavy atom. The van der Waals surface area contributed by atoms with E-state index in [0.29, 0.717) is 0 Å². The zero-order chi connectivity index (χ0) is 13.0. The molecule has 0 aliphatic carbocycles. The smallest absolute Gasteiger partial charge is 0.296 e. The molecule has 0 unspecified atom stereocenters. The summed E-state index contributed by atoms with van der Waals surface area (Å²) in [4.78, 5) is 17.2. The van der Waals surface area contributed by atoms with Crippen molar-refractivity contribution in [1.29, 1.82) is 0 Å². The Morgan fingerprint density at radius 2 is 2.00 bits per heavy atom. The molecule has 0 amide bonds. The first-order chi connectivity index (χ1) is 7.91. The van der Waals surface area contributed by atoms with Gasteiger partial charge in [-0.3, -0.25) is 10.1 Å². The number of hydrogen-bond donors (Lipinski definition) is 3. The molecule has 0 aromatic heterocycles. The summed E-state index contributed by atoms with van der Waals surface area (Å²) in [5.41, 5.74) is 15.2. The van der Waals surface area contributed by atoms with Crippen molar-refractivity contribution in [3.8, 4) is 0 Å². The SMILES string of the molecule is NC(N)=NC(N)=Nc1c(Cl)cccc1[N+](=O)[O-]. The summed E-state index contributed by atoms with van der Waals surface area (Å²) in [5, 5.41) is 10.8. The van der Waals surface area contributed by atoms with Gasteiger partial charge in [0.25, 0.3) is 5.69 Å². The molecule has 0 atom stereocenters. The molecule has 0 heterocycles. The number of nitrogens with two attached hydrogens (primary N) is 3. The van der Waals surface area contributed by atoms with E-state index < -0.39 is 4.92 Å². The van der Waals surface area contributed by atoms with E-state index in [4.69, 9.17) is 28.8 Å². The molecule has 6 N–H and O–H groups in total. The van der Waals surface area contributed by atoms with Gasteiger partial charge >= 0.3 is 0 Å². The number of hydrogen-bond acceptors (Lipinski definition) is 3. The van der Waals surface area contributed by atoms with E-state index in [9.17, 15) is 10.1 Å². The fraction of sp³-hybridized carbons (Fsp3) is 0. The summed E-state index contributed by atoms with van der Waals surface area (Å²) in [6.07, 6.45) is 0. The summed E-state index contributed by atoms with van der Waals surface area (Å²) in [6, 6.07) is 4.11. The van der Waals surface area contributed by atoms with E-state index in [2.05, 4.69) is 9.98 Å². The van der Waals surface area contributed by atoms with Crippen molar-refractivity contribution < 1.29 is 4.92 Å². The zero-order valence-electron chi connectivity index (χ0n) is 8.50. The molecule has 0 spiro atoms. The van der Waals surface area contributed by atoms with Gasteiger partial charge in [0.2, 0.25) is 5.96 Å². The highest BCUT2D eigenvalue weighted by atomic mass is 35.5. The van der Waals surface area contributed by atoms with Gasteiger partial charge in [0.05, 0.1) is 9.95 Å². The second-order valence-corrected chi connectivity index (χ2v) is 3.28. The number of halogens is 1. The maximum Gasteiger partial charge on any atom is 0.296 e. The van der Waals surface area contributed by atoms with Gasteiger partial charge in [-0.25, -0.2) is 4.99 Å². The molecular formula is C8H9ClN6O2. The van der Waals surface area contributed by atoms with Gasteiger partial charge in [0.1, 0.15) is 0 Å². The number of nitro benzene ring substituents is 1. The fourth-order valence-corrected chi connectivity index (χ4v) is 1.25. The Hall–Kier alpha value is -2.35. The molecule has 90 valence electrons. The van der Waals surface area contributed by atoms with Gasteiger partial charge in [-0.1, -0.05) is 17.7 Å². The number of para-hydroxylation sites is 1. The van der Waals surface area contributed by atoms with E-state index in [-0.39, 0.29) is 28.3 Å². The molecule has 0 saturated heterocycles. The van der Waals surface area contributed by atoms with Crippen molar-refractivity contribution in [3.63, 3.8) is 0 Å². The molecular weight excluding hydrogens is 248 g/mol. The first-order valence-electron chi connectivity index (χ1n) is 4.28. The zero-order valence-corrected chi connectivity index (χ0v) is 9.26. The molecule has 8 nitrogen and oxygen atoms in total. The highest BCUT2D eigenvalue weighted by molar-refractivity contribution is 6.33. The first kappa shape index (κ1) is 12.7. The van der Waals surface area contributed by atoms with Gasteiger partial charge in [0.15, 0.2) is 11.6 Å². The number of aliphatic imine (C=N–C) groups is 2. The average molecular weight is 257 g/mol. The lowest BCUT2D eigenvalue weighted by molar-refractivity contribution is -0.384. The van der Waals surface area contributed by atoms with Gasteiger partial charge in [-0.15, -0.1) is 0 Å². The summed E-state index contributed by atoms with van der Waals surface area (Å²) in [6.45, 7) is 0. The minimum Gasteiger partial charge on any atom is -0.370 e. The molecule has 17 heavy (non-hydrogen) atoms. The van der Waals surface area contributed by atoms with Crippen molar-refractivity contribution in [2.24, 2.45) is 27.2 Å². The third kappa shape index (κ3) is 3.31. The van der Waals surface area contributed by atoms with Crippen molar-refractivity contribution in [2.75, 3.05) is 0 Å². The molecule has 0 bridgehead atoms. The van der Waals surface area contributed by atoms with Crippen molar-refractivity contribution in [2.45, 2.75) is 0 Å². The van der Waals surface area contributed by atoms with Crippen molar-refractivity contribution >= 4 is 34.9 Å². The molecule has 0 aliphatic heterocycles. The minimum absolute atomic E-state index is 0.0768. The normalized spacial score (nSPS) is 11.0. The summed E-state index contributed by atoms with van der Waals surface area (Å²) >= 11 is 5.78. The maximum atomic E-state index is 10.7. The van der Waals surface area contributed by atoms with Crippen LogP contribution >= 0.6 is 11.6 Å². The Kier molecular flexibility index (Phi) is 3.83. The summed E-state index contributed by atoms with van der Waals surface area (Å²) in [7, 11) is 0. The Labute approximate surface area is 101 Å². The standard InChI is InChI=1S/C8H9ClN6O2/c9-4-2-1-3-5(15(16)17)6(4)13-8(12)14-7(10)11/h1-3H,(H6,10,11,12,13,14). The number of nitrogens with zero attached hydrogens (tertiary/aromatic N) is 3. The molecule has 1 aromatic rings. The molecule has 0 aliphatic rings. The molecule has 0 fully saturated rings. The number of rotatable bonds is 2. The lowest BCUT2D eigenvalue weighted by atomic mass is 10.3. The van der Waals surface area contributed by atoms with E-state index in [1.807, 2.05) is 0 Å². The Bertz CT molecular complexity index is 509. The van der Waals surface area contributed by atoms with Crippen LogP contribution in [-0.2, 0) is 0 Å². The van der Waals surface area contributed by atoms with Gasteiger partial charge < -0.3 is 17.2 Å². The first-order valence-corrected chi connectivity index (χ1v) is 4.66. The second kappa shape index (κ2) is 5.12. The highest BCUT2D eigenvalue weighted by Crippen LogP contribution is 2.34. The predicted octanol–water partition coefficient (Wildman–Crippen LogP) is 0.468. The van der Waals surface area contributed by atoms with E-state index in [1.165, 1.54) is 18.2 Å². The summed E-state index contributed by atoms with van der Waals surface area (Å²) < 4.78 is 0. The van der Waals surface area contributed by atoms with Crippen LogP contribution < -0.4 is 17.2 Å². The average Bonchev–Trinajstić information content (AvgIpc) is 2.19. The fourth-order valence-electron chi connectivity index (χ4n) is 1.03. The van der Waals surface area contributed by atoms with Gasteiger partial charge in [0, 0.05) is 6.07 Å². The third-order valence-corrected chi connectivity index (χ3v) is 1.94.